The Bertz CT molecular complexity index is 913. The van der Waals surface area contributed by atoms with Gasteiger partial charge in [-0.25, -0.2) is 9.97 Å². The highest BCUT2D eigenvalue weighted by Crippen LogP contribution is 2.47. The van der Waals surface area contributed by atoms with Gasteiger partial charge in [0.05, 0.1) is 12.7 Å². The molecule has 1 N–H and O–H groups in total. The molecule has 2 aromatic rings. The number of carbonyl (C=O) groups excluding carboxylic acids is 3. The summed E-state index contributed by atoms with van der Waals surface area (Å²) in [6.07, 6.45) is 3.52. The molecular weight excluding hydrogens is 324 g/mol. The van der Waals surface area contributed by atoms with Crippen LogP contribution in [0.2, 0.25) is 0 Å². The second-order valence-electron chi connectivity index (χ2n) is 6.80. The summed E-state index contributed by atoms with van der Waals surface area (Å²) in [5, 5.41) is 0. The molecule has 2 heterocycles. The van der Waals surface area contributed by atoms with Crippen molar-refractivity contribution in [2.45, 2.75) is 39.7 Å². The molecule has 0 amide bonds. The minimum atomic E-state index is -0.555. The van der Waals surface area contributed by atoms with E-state index in [-0.39, 0.29) is 46.8 Å². The molecule has 25 heavy (non-hydrogen) atoms. The molecule has 0 aromatic carbocycles. The summed E-state index contributed by atoms with van der Waals surface area (Å²) >= 11 is 0. The number of aromatic amines is 1. The first-order valence-electron chi connectivity index (χ1n) is 8.21. The van der Waals surface area contributed by atoms with Crippen LogP contribution in [0.15, 0.2) is 17.4 Å². The number of H-pyrrole nitrogens is 1. The minimum absolute atomic E-state index is 0.00994. The fourth-order valence-electron chi connectivity index (χ4n) is 4.22. The van der Waals surface area contributed by atoms with Gasteiger partial charge in [0.15, 0.2) is 11.2 Å². The predicted molar refractivity (Wildman–Crippen MR) is 88.9 cm³/mol. The van der Waals surface area contributed by atoms with Crippen molar-refractivity contribution in [3.05, 3.63) is 23.0 Å². The quantitative estimate of drug-likeness (QED) is 0.867. The standard InChI is InChI=1S/C17H20N4O4/c1-8(22)4-11-5-12(14(10(3)24)13(11)9(2)23)21-7-20-15-16(21)18-6-19-17(15)25/h6-7,11-14H,4-5H2,1-3H3,(H,18,19,25)/t11-,12+,13+,14-/m1/s1. The van der Waals surface area contributed by atoms with Crippen molar-refractivity contribution in [1.82, 2.24) is 19.5 Å². The summed E-state index contributed by atoms with van der Waals surface area (Å²) in [5.74, 6) is -1.48. The first kappa shape index (κ1) is 17.2. The van der Waals surface area contributed by atoms with Crippen LogP contribution in [-0.4, -0.2) is 36.9 Å². The zero-order chi connectivity index (χ0) is 18.3. The lowest BCUT2D eigenvalue weighted by molar-refractivity contribution is -0.131. The lowest BCUT2D eigenvalue weighted by Crippen LogP contribution is -2.31. The van der Waals surface area contributed by atoms with Crippen LogP contribution in [0.3, 0.4) is 0 Å². The third-order valence-electron chi connectivity index (χ3n) is 5.06. The van der Waals surface area contributed by atoms with E-state index in [0.29, 0.717) is 12.1 Å². The average molecular weight is 344 g/mol. The van der Waals surface area contributed by atoms with E-state index in [1.165, 1.54) is 33.4 Å². The van der Waals surface area contributed by atoms with E-state index in [1.54, 1.807) is 4.57 Å². The van der Waals surface area contributed by atoms with Gasteiger partial charge in [-0.3, -0.25) is 14.4 Å². The molecule has 1 fully saturated rings. The maximum atomic E-state index is 12.3. The molecule has 1 aliphatic rings. The first-order valence-corrected chi connectivity index (χ1v) is 8.21. The SMILES string of the molecule is CC(=O)C[C@@H]1C[C@H](n2cnc3c(=O)[nH]cnc32)[C@@H](C(C)=O)[C@H]1C(C)=O. The van der Waals surface area contributed by atoms with Crippen molar-refractivity contribution in [1.29, 1.82) is 0 Å². The van der Waals surface area contributed by atoms with E-state index >= 15 is 0 Å². The van der Waals surface area contributed by atoms with Crippen molar-refractivity contribution >= 4 is 28.5 Å². The van der Waals surface area contributed by atoms with Gasteiger partial charge >= 0.3 is 0 Å². The van der Waals surface area contributed by atoms with E-state index in [1.807, 2.05) is 0 Å². The molecule has 0 saturated heterocycles. The Hall–Kier alpha value is -2.64. The molecule has 3 rings (SSSR count). The van der Waals surface area contributed by atoms with Gasteiger partial charge in [0.2, 0.25) is 0 Å². The number of imidazole rings is 1. The topological polar surface area (TPSA) is 115 Å². The monoisotopic (exact) mass is 344 g/mol. The summed E-state index contributed by atoms with van der Waals surface area (Å²) in [6.45, 7) is 4.41. The molecule has 0 spiro atoms. The van der Waals surface area contributed by atoms with Crippen LogP contribution >= 0.6 is 0 Å². The molecule has 2 aromatic heterocycles. The Kier molecular flexibility index (Phi) is 4.36. The number of carbonyl (C=O) groups is 3. The van der Waals surface area contributed by atoms with Gasteiger partial charge in [-0.1, -0.05) is 0 Å². The molecule has 0 radical (unpaired) electrons. The number of hydrogen-bond acceptors (Lipinski definition) is 6. The van der Waals surface area contributed by atoms with Crippen LogP contribution < -0.4 is 5.56 Å². The van der Waals surface area contributed by atoms with E-state index < -0.39 is 11.8 Å². The molecule has 8 nitrogen and oxygen atoms in total. The summed E-state index contributed by atoms with van der Waals surface area (Å²) in [6, 6.07) is -0.352. The van der Waals surface area contributed by atoms with E-state index in [2.05, 4.69) is 15.0 Å². The Labute approximate surface area is 143 Å². The summed E-state index contributed by atoms with van der Waals surface area (Å²) in [4.78, 5) is 58.8. The number of Topliss-reactive ketones (excluding diaryl/α,β-unsaturated/α-hetero) is 3. The number of ketones is 3. The number of nitrogens with zero attached hydrogens (tertiary/aromatic N) is 3. The number of aromatic nitrogens is 4. The van der Waals surface area contributed by atoms with E-state index in [0.717, 1.165) is 0 Å². The molecule has 0 aliphatic heterocycles. The molecule has 4 atom stereocenters. The van der Waals surface area contributed by atoms with Gasteiger partial charge in [-0.15, -0.1) is 0 Å². The zero-order valence-corrected chi connectivity index (χ0v) is 14.4. The molecule has 1 aliphatic carbocycles. The summed E-state index contributed by atoms with van der Waals surface area (Å²) < 4.78 is 1.70. The second-order valence-corrected chi connectivity index (χ2v) is 6.80. The largest absolute Gasteiger partial charge is 0.311 e. The lowest BCUT2D eigenvalue weighted by atomic mass is 9.81. The molecule has 1 saturated carbocycles. The number of hydrogen-bond donors (Lipinski definition) is 1. The average Bonchev–Trinajstić information content (AvgIpc) is 3.08. The molecule has 132 valence electrons. The third kappa shape index (κ3) is 2.92. The smallest absolute Gasteiger partial charge is 0.278 e. The number of fused-ring (bicyclic) bond motifs is 1. The van der Waals surface area contributed by atoms with Crippen molar-refractivity contribution < 1.29 is 14.4 Å². The Morgan fingerprint density at radius 3 is 2.44 bits per heavy atom. The van der Waals surface area contributed by atoms with E-state index in [9.17, 15) is 19.2 Å². The van der Waals surface area contributed by atoms with Crippen molar-refractivity contribution in [3.63, 3.8) is 0 Å². The molecule has 0 unspecified atom stereocenters. The summed E-state index contributed by atoms with van der Waals surface area (Å²) in [7, 11) is 0. The fraction of sp³-hybridized carbons (Fsp3) is 0.529. The normalized spacial score (nSPS) is 26.0. The lowest BCUT2D eigenvalue weighted by Gasteiger charge is -2.23. The number of nitrogens with one attached hydrogen (secondary N) is 1. The van der Waals surface area contributed by atoms with Crippen molar-refractivity contribution in [2.24, 2.45) is 17.8 Å². The predicted octanol–water partition coefficient (Wildman–Crippen LogP) is 1.07. The highest BCUT2D eigenvalue weighted by molar-refractivity contribution is 5.89. The van der Waals surface area contributed by atoms with Crippen molar-refractivity contribution in [2.75, 3.05) is 0 Å². The highest BCUT2D eigenvalue weighted by atomic mass is 16.1. The highest BCUT2D eigenvalue weighted by Gasteiger charge is 2.49. The van der Waals surface area contributed by atoms with Gasteiger partial charge in [0, 0.05) is 24.3 Å². The van der Waals surface area contributed by atoms with Crippen molar-refractivity contribution in [3.8, 4) is 0 Å². The van der Waals surface area contributed by atoms with Gasteiger partial charge in [0.25, 0.3) is 5.56 Å². The van der Waals surface area contributed by atoms with Crippen LogP contribution in [0.4, 0.5) is 0 Å². The summed E-state index contributed by atoms with van der Waals surface area (Å²) in [5.41, 5.74) is 0.217. The van der Waals surface area contributed by atoms with Crippen LogP contribution in [0.25, 0.3) is 11.2 Å². The number of rotatable bonds is 5. The van der Waals surface area contributed by atoms with Gasteiger partial charge in [-0.2, -0.15) is 0 Å². The maximum absolute atomic E-state index is 12.3. The minimum Gasteiger partial charge on any atom is -0.311 e. The first-order chi connectivity index (χ1) is 11.8. The van der Waals surface area contributed by atoms with Crippen LogP contribution in [-0.2, 0) is 14.4 Å². The Morgan fingerprint density at radius 2 is 1.84 bits per heavy atom. The molecule has 0 bridgehead atoms. The van der Waals surface area contributed by atoms with Gasteiger partial charge < -0.3 is 14.3 Å². The molecule has 8 heteroatoms. The van der Waals surface area contributed by atoms with Crippen LogP contribution in [0.5, 0.6) is 0 Å². The Balaban J connectivity index is 2.11. The van der Waals surface area contributed by atoms with Crippen LogP contribution in [0, 0.1) is 17.8 Å². The molecular formula is C17H20N4O4. The fourth-order valence-corrected chi connectivity index (χ4v) is 4.22. The van der Waals surface area contributed by atoms with Gasteiger partial charge in [-0.05, 0) is 33.1 Å². The zero-order valence-electron chi connectivity index (χ0n) is 14.4. The Morgan fingerprint density at radius 1 is 1.16 bits per heavy atom. The maximum Gasteiger partial charge on any atom is 0.278 e. The van der Waals surface area contributed by atoms with Gasteiger partial charge in [0.1, 0.15) is 17.3 Å². The van der Waals surface area contributed by atoms with E-state index in [4.69, 9.17) is 0 Å². The van der Waals surface area contributed by atoms with Crippen LogP contribution in [0.1, 0.15) is 39.7 Å². The second kappa shape index (κ2) is 6.34. The third-order valence-corrected chi connectivity index (χ3v) is 5.06.